The summed E-state index contributed by atoms with van der Waals surface area (Å²) in [6.45, 7) is 5.95. The van der Waals surface area contributed by atoms with Crippen molar-refractivity contribution in [1.29, 1.82) is 0 Å². The Morgan fingerprint density at radius 1 is 1.22 bits per heavy atom. The minimum Gasteiger partial charge on any atom is -0.488 e. The van der Waals surface area contributed by atoms with Crippen molar-refractivity contribution >= 4 is 11.6 Å². The molecule has 2 aromatic rings. The largest absolute Gasteiger partial charge is 0.488 e. The molecule has 0 saturated carbocycles. The van der Waals surface area contributed by atoms with Crippen LogP contribution < -0.4 is 10.1 Å². The SMILES string of the molecule is CC(C)Oc1ccc(C(=O)Nc2ccc3c(c2)C2CCCN2CC3)cc1F. The third kappa shape index (κ3) is 3.69. The van der Waals surface area contributed by atoms with Crippen molar-refractivity contribution in [2.75, 3.05) is 18.4 Å². The quantitative estimate of drug-likeness (QED) is 0.860. The summed E-state index contributed by atoms with van der Waals surface area (Å²) < 4.78 is 19.6. The van der Waals surface area contributed by atoms with Crippen molar-refractivity contribution in [1.82, 2.24) is 4.90 Å². The highest BCUT2D eigenvalue weighted by atomic mass is 19.1. The van der Waals surface area contributed by atoms with Crippen molar-refractivity contribution in [3.63, 3.8) is 0 Å². The first-order valence-corrected chi connectivity index (χ1v) is 9.65. The third-order valence-electron chi connectivity index (χ3n) is 5.35. The van der Waals surface area contributed by atoms with E-state index in [9.17, 15) is 9.18 Å². The molecule has 0 radical (unpaired) electrons. The minimum atomic E-state index is -0.525. The molecule has 1 N–H and O–H groups in total. The normalized spacial score (nSPS) is 18.9. The Hall–Kier alpha value is -2.40. The van der Waals surface area contributed by atoms with Gasteiger partial charge >= 0.3 is 0 Å². The summed E-state index contributed by atoms with van der Waals surface area (Å²) in [7, 11) is 0. The molecule has 142 valence electrons. The molecular formula is C22H25FN2O2. The highest BCUT2D eigenvalue weighted by Crippen LogP contribution is 2.38. The number of carbonyl (C=O) groups is 1. The van der Waals surface area contributed by atoms with E-state index in [2.05, 4.69) is 22.3 Å². The molecule has 5 heteroatoms. The summed E-state index contributed by atoms with van der Waals surface area (Å²) in [5.41, 5.74) is 3.74. The molecule has 4 rings (SSSR count). The minimum absolute atomic E-state index is 0.121. The highest BCUT2D eigenvalue weighted by Gasteiger charge is 2.31. The van der Waals surface area contributed by atoms with Gasteiger partial charge in [0.05, 0.1) is 6.10 Å². The second-order valence-electron chi connectivity index (χ2n) is 7.62. The number of fused-ring (bicyclic) bond motifs is 3. The van der Waals surface area contributed by atoms with E-state index in [0.717, 1.165) is 25.2 Å². The molecule has 0 spiro atoms. The van der Waals surface area contributed by atoms with Crippen LogP contribution in [0.4, 0.5) is 10.1 Å². The van der Waals surface area contributed by atoms with Crippen LogP contribution in [0.1, 0.15) is 54.2 Å². The molecule has 1 unspecified atom stereocenters. The Morgan fingerprint density at radius 2 is 2.07 bits per heavy atom. The number of halogens is 1. The van der Waals surface area contributed by atoms with E-state index in [4.69, 9.17) is 4.74 Å². The van der Waals surface area contributed by atoms with Gasteiger partial charge in [-0.05, 0) is 81.1 Å². The zero-order chi connectivity index (χ0) is 19.0. The number of ether oxygens (including phenoxy) is 1. The first-order valence-electron chi connectivity index (χ1n) is 9.65. The Bertz CT molecular complexity index is 865. The summed E-state index contributed by atoms with van der Waals surface area (Å²) in [6, 6.07) is 10.9. The maximum absolute atomic E-state index is 14.2. The van der Waals surface area contributed by atoms with E-state index < -0.39 is 5.82 Å². The van der Waals surface area contributed by atoms with E-state index in [1.54, 1.807) is 6.07 Å². The van der Waals surface area contributed by atoms with E-state index in [0.29, 0.717) is 6.04 Å². The predicted molar refractivity (Wildman–Crippen MR) is 104 cm³/mol. The predicted octanol–water partition coefficient (Wildman–Crippen LogP) is 4.56. The van der Waals surface area contributed by atoms with Gasteiger partial charge in [0.1, 0.15) is 0 Å². The second kappa shape index (κ2) is 7.31. The fourth-order valence-electron chi connectivity index (χ4n) is 4.12. The van der Waals surface area contributed by atoms with Gasteiger partial charge in [0.15, 0.2) is 11.6 Å². The molecule has 1 atom stereocenters. The monoisotopic (exact) mass is 368 g/mol. The van der Waals surface area contributed by atoms with Crippen molar-refractivity contribution in [2.24, 2.45) is 0 Å². The molecule has 2 heterocycles. The molecular weight excluding hydrogens is 343 g/mol. The van der Waals surface area contributed by atoms with Gasteiger partial charge in [-0.3, -0.25) is 9.69 Å². The van der Waals surface area contributed by atoms with Crippen LogP contribution >= 0.6 is 0 Å². The Balaban J connectivity index is 1.52. The number of hydrogen-bond acceptors (Lipinski definition) is 3. The maximum atomic E-state index is 14.2. The van der Waals surface area contributed by atoms with Gasteiger partial charge in [-0.25, -0.2) is 4.39 Å². The number of hydrogen-bond donors (Lipinski definition) is 1. The molecule has 1 amide bonds. The number of carbonyl (C=O) groups excluding carboxylic acids is 1. The number of nitrogens with one attached hydrogen (secondary N) is 1. The molecule has 0 bridgehead atoms. The van der Waals surface area contributed by atoms with Crippen molar-refractivity contribution < 1.29 is 13.9 Å². The molecule has 0 aliphatic carbocycles. The topological polar surface area (TPSA) is 41.6 Å². The molecule has 1 saturated heterocycles. The first kappa shape index (κ1) is 18.0. The highest BCUT2D eigenvalue weighted by molar-refractivity contribution is 6.04. The van der Waals surface area contributed by atoms with Crippen LogP contribution in [0.3, 0.4) is 0 Å². The van der Waals surface area contributed by atoms with Crippen LogP contribution in [-0.4, -0.2) is 30.0 Å². The van der Waals surface area contributed by atoms with Gasteiger partial charge in [-0.1, -0.05) is 6.07 Å². The lowest BCUT2D eigenvalue weighted by Crippen LogP contribution is -2.31. The van der Waals surface area contributed by atoms with Crippen molar-refractivity contribution in [3.05, 3.63) is 58.9 Å². The van der Waals surface area contributed by atoms with Gasteiger partial charge in [-0.15, -0.1) is 0 Å². The molecule has 0 aromatic heterocycles. The fourth-order valence-corrected chi connectivity index (χ4v) is 4.12. The molecule has 1 fully saturated rings. The number of amides is 1. The van der Waals surface area contributed by atoms with Crippen LogP contribution in [0.25, 0.3) is 0 Å². The van der Waals surface area contributed by atoms with Gasteiger partial charge in [-0.2, -0.15) is 0 Å². The summed E-state index contributed by atoms with van der Waals surface area (Å²) in [4.78, 5) is 15.1. The maximum Gasteiger partial charge on any atom is 0.255 e. The summed E-state index contributed by atoms with van der Waals surface area (Å²) in [5.74, 6) is -0.677. The van der Waals surface area contributed by atoms with Crippen LogP contribution in [0.2, 0.25) is 0 Å². The summed E-state index contributed by atoms with van der Waals surface area (Å²) >= 11 is 0. The zero-order valence-corrected chi connectivity index (χ0v) is 15.8. The lowest BCUT2D eigenvalue weighted by Gasteiger charge is -2.32. The number of nitrogens with zero attached hydrogens (tertiary/aromatic N) is 1. The Kier molecular flexibility index (Phi) is 4.87. The number of rotatable bonds is 4. The van der Waals surface area contributed by atoms with Crippen molar-refractivity contribution in [3.8, 4) is 5.75 Å². The average Bonchev–Trinajstić information content (AvgIpc) is 3.12. The lowest BCUT2D eigenvalue weighted by molar-refractivity contribution is 0.102. The van der Waals surface area contributed by atoms with Crippen LogP contribution in [0.15, 0.2) is 36.4 Å². The van der Waals surface area contributed by atoms with E-state index in [1.807, 2.05) is 19.9 Å². The van der Waals surface area contributed by atoms with Gasteiger partial charge in [0, 0.05) is 23.8 Å². The van der Waals surface area contributed by atoms with Gasteiger partial charge < -0.3 is 10.1 Å². The molecule has 2 aliphatic rings. The third-order valence-corrected chi connectivity index (χ3v) is 5.35. The fraction of sp³-hybridized carbons (Fsp3) is 0.409. The van der Waals surface area contributed by atoms with E-state index >= 15 is 0 Å². The Labute approximate surface area is 159 Å². The lowest BCUT2D eigenvalue weighted by atomic mass is 9.92. The van der Waals surface area contributed by atoms with Gasteiger partial charge in [0.2, 0.25) is 0 Å². The first-order chi connectivity index (χ1) is 13.0. The van der Waals surface area contributed by atoms with Crippen molar-refractivity contribution in [2.45, 2.75) is 45.3 Å². The van der Waals surface area contributed by atoms with E-state index in [1.165, 1.54) is 36.1 Å². The Morgan fingerprint density at radius 3 is 2.85 bits per heavy atom. The number of anilines is 1. The van der Waals surface area contributed by atoms with Crippen LogP contribution in [0.5, 0.6) is 5.75 Å². The summed E-state index contributed by atoms with van der Waals surface area (Å²) in [5, 5.41) is 2.91. The second-order valence-corrected chi connectivity index (χ2v) is 7.62. The molecule has 2 aromatic carbocycles. The smallest absolute Gasteiger partial charge is 0.255 e. The zero-order valence-electron chi connectivity index (χ0n) is 15.8. The van der Waals surface area contributed by atoms with Gasteiger partial charge in [0.25, 0.3) is 5.91 Å². The standard InChI is InChI=1S/C22H25FN2O2/c1-14(2)27-21-8-6-16(12-19(21)23)22(26)24-17-7-5-15-9-11-25-10-3-4-20(25)18(15)13-17/h5-8,12-14,20H,3-4,9-11H2,1-2H3,(H,24,26). The molecule has 2 aliphatic heterocycles. The van der Waals surface area contributed by atoms with E-state index in [-0.39, 0.29) is 23.3 Å². The average molecular weight is 368 g/mol. The van der Waals surface area contributed by atoms with Crippen LogP contribution in [-0.2, 0) is 6.42 Å². The van der Waals surface area contributed by atoms with Crippen LogP contribution in [0, 0.1) is 5.82 Å². The molecule has 27 heavy (non-hydrogen) atoms. The summed E-state index contributed by atoms with van der Waals surface area (Å²) in [6.07, 6.45) is 3.34. The molecule has 4 nitrogen and oxygen atoms in total. The number of benzene rings is 2.